The number of rotatable bonds is 5. The Morgan fingerprint density at radius 3 is 2.53 bits per heavy atom. The van der Waals surface area contributed by atoms with Gasteiger partial charge in [-0.3, -0.25) is 15.1 Å². The van der Waals surface area contributed by atoms with Gasteiger partial charge in [-0.2, -0.15) is 4.99 Å². The third-order valence-corrected chi connectivity index (χ3v) is 4.72. The fourth-order valence-electron chi connectivity index (χ4n) is 3.13. The van der Waals surface area contributed by atoms with Gasteiger partial charge < -0.3 is 16.2 Å². The average Bonchev–Trinajstić information content (AvgIpc) is 3.14. The van der Waals surface area contributed by atoms with Crippen molar-refractivity contribution in [2.75, 3.05) is 23.4 Å². The zero-order valence-corrected chi connectivity index (χ0v) is 15.8. The molecule has 1 aliphatic rings. The Balaban J connectivity index is 1.48. The van der Waals surface area contributed by atoms with Gasteiger partial charge in [-0.25, -0.2) is 9.78 Å². The number of pyridine rings is 1. The van der Waals surface area contributed by atoms with E-state index < -0.39 is 6.03 Å². The highest BCUT2D eigenvalue weighted by molar-refractivity contribution is 6.12. The minimum atomic E-state index is -0.440. The maximum atomic E-state index is 12.6. The van der Waals surface area contributed by atoms with Gasteiger partial charge in [0.25, 0.3) is 5.91 Å². The molecular formula is C21H18N6O3. The number of fused-ring (bicyclic) bond motifs is 1. The molecule has 0 fully saturated rings. The molecule has 4 rings (SSSR count). The number of nitrogen functional groups attached to an aromatic ring is 1. The van der Waals surface area contributed by atoms with E-state index in [1.54, 1.807) is 48.7 Å². The molecule has 30 heavy (non-hydrogen) atoms. The molecule has 5 N–H and O–H groups in total. The first-order chi connectivity index (χ1) is 14.4. The number of amides is 3. The van der Waals surface area contributed by atoms with Gasteiger partial charge in [-0.05, 0) is 41.8 Å². The molecule has 2 aromatic carbocycles. The van der Waals surface area contributed by atoms with Crippen molar-refractivity contribution in [2.24, 2.45) is 10.7 Å². The number of nitrogens with zero attached hydrogens (tertiary/aromatic N) is 3. The topological polar surface area (TPSA) is 145 Å². The molecule has 9 nitrogen and oxygen atoms in total. The van der Waals surface area contributed by atoms with Crippen LogP contribution < -0.4 is 16.0 Å². The maximum absolute atomic E-state index is 12.6. The van der Waals surface area contributed by atoms with Crippen LogP contribution in [0.4, 0.5) is 16.3 Å². The number of urea groups is 1. The van der Waals surface area contributed by atoms with E-state index in [1.807, 2.05) is 6.07 Å². The van der Waals surface area contributed by atoms with E-state index >= 15 is 0 Å². The summed E-state index contributed by atoms with van der Waals surface area (Å²) in [4.78, 5) is 33.9. The van der Waals surface area contributed by atoms with Crippen LogP contribution in [0.1, 0.15) is 15.9 Å². The van der Waals surface area contributed by atoms with E-state index in [2.05, 4.69) is 15.3 Å². The Hall–Kier alpha value is -4.11. The lowest BCUT2D eigenvalue weighted by Crippen LogP contribution is -2.26. The first kappa shape index (κ1) is 19.2. The Kier molecular flexibility index (Phi) is 4.95. The van der Waals surface area contributed by atoms with E-state index in [0.29, 0.717) is 28.3 Å². The van der Waals surface area contributed by atoms with Gasteiger partial charge in [0.05, 0.1) is 18.9 Å². The number of aliphatic imine (C=N–C) groups is 1. The van der Waals surface area contributed by atoms with Crippen LogP contribution in [0.5, 0.6) is 0 Å². The molecule has 0 saturated carbocycles. The van der Waals surface area contributed by atoms with Crippen LogP contribution >= 0.6 is 0 Å². The first-order valence-electron chi connectivity index (χ1n) is 9.09. The van der Waals surface area contributed by atoms with Crippen molar-refractivity contribution in [3.63, 3.8) is 0 Å². The van der Waals surface area contributed by atoms with Crippen molar-refractivity contribution in [1.82, 2.24) is 4.98 Å². The molecule has 0 radical (unpaired) electrons. The molecule has 3 aromatic rings. The quantitative estimate of drug-likeness (QED) is 0.382. The lowest BCUT2D eigenvalue weighted by molar-refractivity contribution is 0.102. The number of carbonyl (C=O) groups is 2. The summed E-state index contributed by atoms with van der Waals surface area (Å²) in [6.45, 7) is -0.0369. The van der Waals surface area contributed by atoms with Crippen LogP contribution in [-0.2, 0) is 0 Å². The number of nitrogens with two attached hydrogens (primary N) is 1. The highest BCUT2D eigenvalue weighted by Gasteiger charge is 2.24. The van der Waals surface area contributed by atoms with Crippen LogP contribution in [0.25, 0.3) is 10.8 Å². The molecule has 0 bridgehead atoms. The fraction of sp³-hybridized carbons (Fsp3) is 0.0952. The molecule has 150 valence electrons. The summed E-state index contributed by atoms with van der Waals surface area (Å²) in [5.41, 5.74) is 7.51. The molecule has 1 aromatic heterocycles. The SMILES string of the molecule is N=C(N)c1ccc2cc(NC(=O)c3ccc(N4CC(CO)=NC4=O)cc3)ncc2c1. The van der Waals surface area contributed by atoms with Crippen molar-refractivity contribution in [2.45, 2.75) is 0 Å². The summed E-state index contributed by atoms with van der Waals surface area (Å²) < 4.78 is 0. The summed E-state index contributed by atoms with van der Waals surface area (Å²) in [7, 11) is 0. The van der Waals surface area contributed by atoms with Crippen molar-refractivity contribution in [3.8, 4) is 0 Å². The second-order valence-electron chi connectivity index (χ2n) is 6.75. The summed E-state index contributed by atoms with van der Waals surface area (Å²) in [5, 5.41) is 21.0. The number of aliphatic hydroxyl groups excluding tert-OH is 1. The summed E-state index contributed by atoms with van der Waals surface area (Å²) in [6, 6.07) is 13.1. The van der Waals surface area contributed by atoms with Crippen LogP contribution in [0.2, 0.25) is 0 Å². The normalized spacial score (nSPS) is 13.4. The van der Waals surface area contributed by atoms with Gasteiger partial charge in [0.15, 0.2) is 0 Å². The van der Waals surface area contributed by atoms with Gasteiger partial charge in [0.2, 0.25) is 0 Å². The number of aliphatic hydroxyl groups is 1. The van der Waals surface area contributed by atoms with Gasteiger partial charge in [-0.1, -0.05) is 12.1 Å². The number of anilines is 2. The van der Waals surface area contributed by atoms with Crippen molar-refractivity contribution < 1.29 is 14.7 Å². The van der Waals surface area contributed by atoms with Crippen LogP contribution in [0.3, 0.4) is 0 Å². The molecule has 0 spiro atoms. The Morgan fingerprint density at radius 2 is 1.87 bits per heavy atom. The van der Waals surface area contributed by atoms with Gasteiger partial charge in [0, 0.05) is 28.4 Å². The first-order valence-corrected chi connectivity index (χ1v) is 9.09. The third-order valence-electron chi connectivity index (χ3n) is 4.72. The smallest absolute Gasteiger partial charge is 0.348 e. The molecule has 0 atom stereocenters. The van der Waals surface area contributed by atoms with Crippen molar-refractivity contribution >= 4 is 45.8 Å². The van der Waals surface area contributed by atoms with Gasteiger partial charge >= 0.3 is 6.03 Å². The number of benzene rings is 2. The summed E-state index contributed by atoms with van der Waals surface area (Å²) in [5.74, 6) is 0.0316. The standard InChI is InChI=1S/C21H18N6O3/c22-19(23)14-2-1-13-8-18(24-9-15(13)7-14)26-20(29)12-3-5-17(6-4-12)27-10-16(11-28)25-21(27)30/h1-9,28H,10-11H2,(H3,22,23)(H,24,26,29). The molecular weight excluding hydrogens is 384 g/mol. The Labute approximate surface area is 171 Å². The van der Waals surface area contributed by atoms with E-state index in [0.717, 1.165) is 10.8 Å². The Bertz CT molecular complexity index is 1200. The Morgan fingerprint density at radius 1 is 1.13 bits per heavy atom. The van der Waals surface area contributed by atoms with E-state index in [-0.39, 0.29) is 24.9 Å². The number of amidine groups is 1. The summed E-state index contributed by atoms with van der Waals surface area (Å²) in [6.07, 6.45) is 1.61. The number of hydrogen-bond acceptors (Lipinski definition) is 5. The number of carbonyl (C=O) groups excluding carboxylic acids is 2. The van der Waals surface area contributed by atoms with E-state index in [1.165, 1.54) is 4.90 Å². The van der Waals surface area contributed by atoms with E-state index in [9.17, 15) is 9.59 Å². The predicted octanol–water partition coefficient (Wildman–Crippen LogP) is 2.14. The highest BCUT2D eigenvalue weighted by Crippen LogP contribution is 2.21. The van der Waals surface area contributed by atoms with Crippen molar-refractivity contribution in [1.29, 1.82) is 5.41 Å². The highest BCUT2D eigenvalue weighted by atomic mass is 16.3. The molecule has 2 heterocycles. The minimum absolute atomic E-state index is 0.0208. The third kappa shape index (κ3) is 3.74. The second kappa shape index (κ2) is 7.72. The lowest BCUT2D eigenvalue weighted by atomic mass is 10.1. The number of hydrogen-bond donors (Lipinski definition) is 4. The average molecular weight is 402 g/mol. The lowest BCUT2D eigenvalue weighted by Gasteiger charge is -2.15. The zero-order chi connectivity index (χ0) is 21.3. The van der Waals surface area contributed by atoms with Crippen LogP contribution in [0.15, 0.2) is 59.7 Å². The molecule has 3 amide bonds. The van der Waals surface area contributed by atoms with Gasteiger partial charge in [0.1, 0.15) is 11.7 Å². The van der Waals surface area contributed by atoms with Crippen molar-refractivity contribution in [3.05, 3.63) is 65.9 Å². The largest absolute Gasteiger partial charge is 0.390 e. The predicted molar refractivity (Wildman–Crippen MR) is 114 cm³/mol. The molecule has 0 saturated heterocycles. The molecule has 9 heteroatoms. The molecule has 1 aliphatic heterocycles. The maximum Gasteiger partial charge on any atom is 0.348 e. The summed E-state index contributed by atoms with van der Waals surface area (Å²) >= 11 is 0. The molecule has 0 unspecified atom stereocenters. The second-order valence-corrected chi connectivity index (χ2v) is 6.75. The monoisotopic (exact) mass is 402 g/mol. The van der Waals surface area contributed by atoms with Crippen LogP contribution in [-0.4, -0.2) is 46.7 Å². The van der Waals surface area contributed by atoms with Crippen LogP contribution in [0, 0.1) is 5.41 Å². The zero-order valence-electron chi connectivity index (χ0n) is 15.8. The van der Waals surface area contributed by atoms with E-state index in [4.69, 9.17) is 16.2 Å². The fourth-order valence-corrected chi connectivity index (χ4v) is 3.13. The minimum Gasteiger partial charge on any atom is -0.390 e. The number of aromatic nitrogens is 1. The molecule has 0 aliphatic carbocycles. The number of nitrogens with one attached hydrogen (secondary N) is 2. The van der Waals surface area contributed by atoms with Gasteiger partial charge in [-0.15, -0.1) is 0 Å².